The zero-order valence-electron chi connectivity index (χ0n) is 14.4. The first kappa shape index (κ1) is 15.9. The van der Waals surface area contributed by atoms with Crippen molar-refractivity contribution in [1.29, 1.82) is 0 Å². The van der Waals surface area contributed by atoms with E-state index in [0.717, 1.165) is 5.69 Å². The van der Waals surface area contributed by atoms with Gasteiger partial charge < -0.3 is 15.4 Å². The smallest absolute Gasteiger partial charge is 0.255 e. The molecule has 5 nitrogen and oxygen atoms in total. The van der Waals surface area contributed by atoms with Crippen LogP contribution in [0.4, 0.5) is 11.5 Å². The zero-order chi connectivity index (χ0) is 17.2. The number of carbonyl (C=O) groups excluding carboxylic acids is 1. The van der Waals surface area contributed by atoms with E-state index in [1.165, 1.54) is 25.7 Å². The van der Waals surface area contributed by atoms with Crippen molar-refractivity contribution in [2.24, 2.45) is 11.8 Å². The molecule has 130 valence electrons. The van der Waals surface area contributed by atoms with Crippen molar-refractivity contribution in [3.05, 3.63) is 48.2 Å². The van der Waals surface area contributed by atoms with Gasteiger partial charge in [0.1, 0.15) is 11.6 Å². The second-order valence-electron chi connectivity index (χ2n) is 6.90. The van der Waals surface area contributed by atoms with Gasteiger partial charge in [-0.1, -0.05) is 12.1 Å². The number of hydrogen-bond donors (Lipinski definition) is 2. The summed E-state index contributed by atoms with van der Waals surface area (Å²) in [5, 5.41) is 6.50. The maximum absolute atomic E-state index is 12.9. The molecular formula is C20H23N3O2. The highest BCUT2D eigenvalue weighted by molar-refractivity contribution is 5.99. The van der Waals surface area contributed by atoms with Gasteiger partial charge >= 0.3 is 0 Å². The van der Waals surface area contributed by atoms with Crippen LogP contribution in [0, 0.1) is 11.8 Å². The first-order valence-electron chi connectivity index (χ1n) is 8.92. The fourth-order valence-electron chi connectivity index (χ4n) is 3.32. The zero-order valence-corrected chi connectivity index (χ0v) is 14.4. The maximum atomic E-state index is 12.9. The van der Waals surface area contributed by atoms with E-state index in [1.54, 1.807) is 19.4 Å². The molecule has 1 aromatic heterocycles. The van der Waals surface area contributed by atoms with Crippen LogP contribution in [0.3, 0.4) is 0 Å². The molecule has 1 heterocycles. The summed E-state index contributed by atoms with van der Waals surface area (Å²) in [5.74, 6) is 2.55. The first-order chi connectivity index (χ1) is 12.3. The summed E-state index contributed by atoms with van der Waals surface area (Å²) in [7, 11) is 1.63. The second kappa shape index (κ2) is 6.75. The molecule has 0 unspecified atom stereocenters. The van der Waals surface area contributed by atoms with Crippen LogP contribution in [0.1, 0.15) is 36.0 Å². The monoisotopic (exact) mass is 337 g/mol. The molecule has 0 saturated heterocycles. The Morgan fingerprint density at radius 2 is 1.84 bits per heavy atom. The minimum Gasteiger partial charge on any atom is -0.495 e. The van der Waals surface area contributed by atoms with Gasteiger partial charge in [-0.15, -0.1) is 0 Å². The molecule has 2 aliphatic rings. The van der Waals surface area contributed by atoms with Gasteiger partial charge in [0.25, 0.3) is 5.91 Å². The summed E-state index contributed by atoms with van der Waals surface area (Å²) in [4.78, 5) is 17.2. The van der Waals surface area contributed by atoms with Crippen LogP contribution in [0.5, 0.6) is 5.75 Å². The lowest BCUT2D eigenvalue weighted by Crippen LogP contribution is -2.38. The molecule has 25 heavy (non-hydrogen) atoms. The average Bonchev–Trinajstić information content (AvgIpc) is 3.54. The van der Waals surface area contributed by atoms with Crippen LogP contribution in [0.25, 0.3) is 0 Å². The van der Waals surface area contributed by atoms with Crippen molar-refractivity contribution in [2.75, 3.05) is 12.4 Å². The molecule has 0 atom stereocenters. The maximum Gasteiger partial charge on any atom is 0.255 e. The fourth-order valence-corrected chi connectivity index (χ4v) is 3.32. The van der Waals surface area contributed by atoms with Crippen LogP contribution in [-0.4, -0.2) is 24.0 Å². The number of benzene rings is 1. The van der Waals surface area contributed by atoms with E-state index in [9.17, 15) is 4.79 Å². The van der Waals surface area contributed by atoms with Gasteiger partial charge in [-0.25, -0.2) is 4.98 Å². The quantitative estimate of drug-likeness (QED) is 0.808. The number of para-hydroxylation sites is 2. The van der Waals surface area contributed by atoms with Crippen molar-refractivity contribution >= 4 is 17.4 Å². The minimum atomic E-state index is -0.0469. The predicted octanol–water partition coefficient (Wildman–Crippen LogP) is 3.75. The van der Waals surface area contributed by atoms with Gasteiger partial charge in [-0.05, 0) is 61.8 Å². The molecule has 5 heteroatoms. The standard InChI is InChI=1S/C20H23N3O2/c1-25-17-7-3-2-6-16(17)22-19-15(5-4-12-21-19)20(24)23-18(13-8-9-13)14-10-11-14/h2-7,12-14,18H,8-11H2,1H3,(H,21,22)(H,23,24). The van der Waals surface area contributed by atoms with Gasteiger partial charge in [0.2, 0.25) is 0 Å². The third-order valence-electron chi connectivity index (χ3n) is 4.97. The largest absolute Gasteiger partial charge is 0.495 e. The fraction of sp³-hybridized carbons (Fsp3) is 0.400. The number of pyridine rings is 1. The lowest BCUT2D eigenvalue weighted by molar-refractivity contribution is 0.0927. The number of methoxy groups -OCH3 is 1. The van der Waals surface area contributed by atoms with E-state index in [-0.39, 0.29) is 5.91 Å². The number of amides is 1. The van der Waals surface area contributed by atoms with E-state index in [0.29, 0.717) is 35.0 Å². The molecule has 1 aromatic carbocycles. The summed E-state index contributed by atoms with van der Waals surface area (Å²) < 4.78 is 5.37. The normalized spacial score (nSPS) is 16.6. The summed E-state index contributed by atoms with van der Waals surface area (Å²) in [6.07, 6.45) is 6.64. The molecule has 1 amide bonds. The van der Waals surface area contributed by atoms with Gasteiger partial charge in [0, 0.05) is 12.2 Å². The van der Waals surface area contributed by atoms with Gasteiger partial charge in [-0.3, -0.25) is 4.79 Å². The summed E-state index contributed by atoms with van der Waals surface area (Å²) >= 11 is 0. The van der Waals surface area contributed by atoms with Crippen molar-refractivity contribution in [2.45, 2.75) is 31.7 Å². The Hall–Kier alpha value is -2.56. The second-order valence-corrected chi connectivity index (χ2v) is 6.90. The third kappa shape index (κ3) is 3.60. The Bertz CT molecular complexity index is 757. The number of ether oxygens (including phenoxy) is 1. The van der Waals surface area contributed by atoms with Crippen molar-refractivity contribution in [3.8, 4) is 5.75 Å². The highest BCUT2D eigenvalue weighted by Gasteiger charge is 2.42. The van der Waals surface area contributed by atoms with Crippen LogP contribution in [0.2, 0.25) is 0 Å². The third-order valence-corrected chi connectivity index (χ3v) is 4.97. The summed E-state index contributed by atoms with van der Waals surface area (Å²) in [6.45, 7) is 0. The lowest BCUT2D eigenvalue weighted by Gasteiger charge is -2.19. The average molecular weight is 337 g/mol. The van der Waals surface area contributed by atoms with Crippen LogP contribution in [0.15, 0.2) is 42.6 Å². The topological polar surface area (TPSA) is 63.2 Å². The Labute approximate surface area is 147 Å². The van der Waals surface area contributed by atoms with E-state index >= 15 is 0 Å². The van der Waals surface area contributed by atoms with Gasteiger partial charge in [0.15, 0.2) is 0 Å². The molecule has 2 N–H and O–H groups in total. The van der Waals surface area contributed by atoms with Crippen LogP contribution >= 0.6 is 0 Å². The first-order valence-corrected chi connectivity index (χ1v) is 8.92. The SMILES string of the molecule is COc1ccccc1Nc1ncccc1C(=O)NC(C1CC1)C1CC1. The molecule has 0 radical (unpaired) electrons. The number of aromatic nitrogens is 1. The van der Waals surface area contributed by atoms with E-state index in [2.05, 4.69) is 15.6 Å². The molecule has 0 spiro atoms. The van der Waals surface area contributed by atoms with Crippen molar-refractivity contribution < 1.29 is 9.53 Å². The predicted molar refractivity (Wildman–Crippen MR) is 97.2 cm³/mol. The van der Waals surface area contributed by atoms with Crippen LogP contribution < -0.4 is 15.4 Å². The molecule has 2 fully saturated rings. The highest BCUT2D eigenvalue weighted by atomic mass is 16.5. The molecule has 2 saturated carbocycles. The molecule has 0 bridgehead atoms. The summed E-state index contributed by atoms with van der Waals surface area (Å²) in [5.41, 5.74) is 1.36. The number of nitrogens with one attached hydrogen (secondary N) is 2. The lowest BCUT2D eigenvalue weighted by atomic mass is 10.1. The molecular weight excluding hydrogens is 314 g/mol. The number of anilines is 2. The Morgan fingerprint density at radius 1 is 1.12 bits per heavy atom. The number of hydrogen-bond acceptors (Lipinski definition) is 4. The molecule has 0 aliphatic heterocycles. The van der Waals surface area contributed by atoms with Crippen molar-refractivity contribution in [1.82, 2.24) is 10.3 Å². The van der Waals surface area contributed by atoms with Crippen LogP contribution in [-0.2, 0) is 0 Å². The number of nitrogens with zero attached hydrogens (tertiary/aromatic N) is 1. The molecule has 2 aliphatic carbocycles. The van der Waals surface area contributed by atoms with E-state index in [4.69, 9.17) is 4.74 Å². The Morgan fingerprint density at radius 3 is 2.52 bits per heavy atom. The molecule has 4 rings (SSSR count). The summed E-state index contributed by atoms with van der Waals surface area (Å²) in [6, 6.07) is 11.6. The van der Waals surface area contributed by atoms with Gasteiger partial charge in [0.05, 0.1) is 18.4 Å². The number of carbonyl (C=O) groups is 1. The molecule has 2 aromatic rings. The Kier molecular flexibility index (Phi) is 4.30. The van der Waals surface area contributed by atoms with Crippen molar-refractivity contribution in [3.63, 3.8) is 0 Å². The highest BCUT2D eigenvalue weighted by Crippen LogP contribution is 2.44. The van der Waals surface area contributed by atoms with Gasteiger partial charge in [-0.2, -0.15) is 0 Å². The Balaban J connectivity index is 1.55. The van der Waals surface area contributed by atoms with E-state index < -0.39 is 0 Å². The number of rotatable bonds is 7. The minimum absolute atomic E-state index is 0.0469. The van der Waals surface area contributed by atoms with E-state index in [1.807, 2.05) is 30.3 Å².